The van der Waals surface area contributed by atoms with E-state index in [1.165, 1.54) is 10.7 Å². The standard InChI is InChI=1S/C14H32N4O2S/c1-4-9-15-10-7-11-17(3)21(19,20)16-13-14-8-6-12-18(14)5-2/h14-16H,4-13H2,1-3H3. The van der Waals surface area contributed by atoms with E-state index in [1.807, 2.05) is 0 Å². The van der Waals surface area contributed by atoms with Gasteiger partial charge in [0.2, 0.25) is 0 Å². The monoisotopic (exact) mass is 320 g/mol. The van der Waals surface area contributed by atoms with Crippen LogP contribution in [0.15, 0.2) is 0 Å². The summed E-state index contributed by atoms with van der Waals surface area (Å²) in [5.74, 6) is 0. The third kappa shape index (κ3) is 6.61. The van der Waals surface area contributed by atoms with Crippen molar-refractivity contribution in [2.45, 2.75) is 45.6 Å². The summed E-state index contributed by atoms with van der Waals surface area (Å²) in [5.41, 5.74) is 0. The van der Waals surface area contributed by atoms with E-state index in [9.17, 15) is 8.42 Å². The molecule has 1 rings (SSSR count). The van der Waals surface area contributed by atoms with Crippen LogP contribution in [0, 0.1) is 0 Å². The van der Waals surface area contributed by atoms with Crippen molar-refractivity contribution in [2.24, 2.45) is 0 Å². The molecule has 1 aliphatic heterocycles. The lowest BCUT2D eigenvalue weighted by Gasteiger charge is -2.24. The van der Waals surface area contributed by atoms with Gasteiger partial charge < -0.3 is 5.32 Å². The maximum absolute atomic E-state index is 12.2. The van der Waals surface area contributed by atoms with E-state index in [1.54, 1.807) is 7.05 Å². The lowest BCUT2D eigenvalue weighted by molar-refractivity contribution is 0.266. The molecule has 0 aromatic carbocycles. The summed E-state index contributed by atoms with van der Waals surface area (Å²) >= 11 is 0. The summed E-state index contributed by atoms with van der Waals surface area (Å²) in [6.45, 7) is 9.25. The smallest absolute Gasteiger partial charge is 0.279 e. The number of nitrogens with one attached hydrogen (secondary N) is 2. The van der Waals surface area contributed by atoms with Crippen LogP contribution in [0.1, 0.15) is 39.5 Å². The SMILES string of the molecule is CCCNCCCN(C)S(=O)(=O)NCC1CCCN1CC. The molecule has 1 aliphatic rings. The molecule has 6 nitrogen and oxygen atoms in total. The van der Waals surface area contributed by atoms with E-state index >= 15 is 0 Å². The highest BCUT2D eigenvalue weighted by molar-refractivity contribution is 7.87. The Balaban J connectivity index is 2.28. The van der Waals surface area contributed by atoms with Crippen molar-refractivity contribution < 1.29 is 8.42 Å². The highest BCUT2D eigenvalue weighted by Crippen LogP contribution is 2.15. The van der Waals surface area contributed by atoms with Gasteiger partial charge in [-0.15, -0.1) is 0 Å². The van der Waals surface area contributed by atoms with Gasteiger partial charge >= 0.3 is 0 Å². The van der Waals surface area contributed by atoms with E-state index in [-0.39, 0.29) is 0 Å². The van der Waals surface area contributed by atoms with Gasteiger partial charge in [0.05, 0.1) is 0 Å². The van der Waals surface area contributed by atoms with Gasteiger partial charge in [-0.2, -0.15) is 12.7 Å². The fraction of sp³-hybridized carbons (Fsp3) is 1.00. The molecule has 126 valence electrons. The average molecular weight is 321 g/mol. The number of likely N-dealkylation sites (N-methyl/N-ethyl adjacent to an activating group) is 1. The molecule has 0 saturated carbocycles. The Bertz CT molecular complexity index is 375. The van der Waals surface area contributed by atoms with Crippen molar-refractivity contribution in [2.75, 3.05) is 46.3 Å². The zero-order valence-corrected chi connectivity index (χ0v) is 14.6. The second-order valence-corrected chi connectivity index (χ2v) is 7.57. The Kier molecular flexibility index (Phi) is 8.73. The van der Waals surface area contributed by atoms with Gasteiger partial charge in [0.1, 0.15) is 0 Å². The van der Waals surface area contributed by atoms with E-state index < -0.39 is 10.2 Å². The van der Waals surface area contributed by atoms with Crippen LogP contribution in [0.5, 0.6) is 0 Å². The topological polar surface area (TPSA) is 64.7 Å². The Morgan fingerprint density at radius 2 is 2.05 bits per heavy atom. The lowest BCUT2D eigenvalue weighted by atomic mass is 10.2. The molecular weight excluding hydrogens is 288 g/mol. The van der Waals surface area contributed by atoms with Gasteiger partial charge in [0.15, 0.2) is 0 Å². The molecule has 0 amide bonds. The summed E-state index contributed by atoms with van der Waals surface area (Å²) in [6.07, 6.45) is 4.19. The van der Waals surface area contributed by atoms with Crippen LogP contribution in [0.4, 0.5) is 0 Å². The van der Waals surface area contributed by atoms with Crippen molar-refractivity contribution in [3.63, 3.8) is 0 Å². The lowest BCUT2D eigenvalue weighted by Crippen LogP contribution is -2.45. The number of likely N-dealkylation sites (tertiary alicyclic amines) is 1. The molecule has 0 aromatic rings. The average Bonchev–Trinajstić information content (AvgIpc) is 2.92. The first-order valence-electron chi connectivity index (χ1n) is 8.17. The predicted octanol–water partition coefficient (Wildman–Crippen LogP) is 0.627. The number of hydrogen-bond acceptors (Lipinski definition) is 4. The maximum Gasteiger partial charge on any atom is 0.279 e. The third-order valence-electron chi connectivity index (χ3n) is 4.07. The van der Waals surface area contributed by atoms with Crippen LogP contribution in [0.25, 0.3) is 0 Å². The molecule has 0 aromatic heterocycles. The zero-order chi connectivity index (χ0) is 15.7. The van der Waals surface area contributed by atoms with Crippen LogP contribution in [-0.4, -0.2) is 70.0 Å². The predicted molar refractivity (Wildman–Crippen MR) is 87.6 cm³/mol. The summed E-state index contributed by atoms with van der Waals surface area (Å²) in [5, 5.41) is 3.28. The highest BCUT2D eigenvalue weighted by atomic mass is 32.2. The Labute approximate surface area is 130 Å². The van der Waals surface area contributed by atoms with Gasteiger partial charge in [-0.1, -0.05) is 13.8 Å². The van der Waals surface area contributed by atoms with Crippen LogP contribution < -0.4 is 10.0 Å². The quantitative estimate of drug-likeness (QED) is 0.548. The van der Waals surface area contributed by atoms with Gasteiger partial charge in [-0.05, 0) is 51.9 Å². The van der Waals surface area contributed by atoms with Crippen molar-refractivity contribution in [1.82, 2.24) is 19.2 Å². The molecule has 0 radical (unpaired) electrons. The van der Waals surface area contributed by atoms with E-state index in [0.717, 1.165) is 45.4 Å². The van der Waals surface area contributed by atoms with Crippen LogP contribution in [0.2, 0.25) is 0 Å². The van der Waals surface area contributed by atoms with Crippen molar-refractivity contribution >= 4 is 10.2 Å². The molecular formula is C14H32N4O2S. The van der Waals surface area contributed by atoms with Crippen LogP contribution in [0.3, 0.4) is 0 Å². The van der Waals surface area contributed by atoms with Gasteiger partial charge in [-0.3, -0.25) is 4.90 Å². The Hall–Kier alpha value is -0.210. The Morgan fingerprint density at radius 1 is 1.29 bits per heavy atom. The number of nitrogens with zero attached hydrogens (tertiary/aromatic N) is 2. The zero-order valence-electron chi connectivity index (χ0n) is 13.8. The first-order valence-corrected chi connectivity index (χ1v) is 9.61. The molecule has 2 N–H and O–H groups in total. The fourth-order valence-corrected chi connectivity index (χ4v) is 3.70. The summed E-state index contributed by atoms with van der Waals surface area (Å²) < 4.78 is 28.5. The normalized spacial score (nSPS) is 20.5. The van der Waals surface area contributed by atoms with Crippen molar-refractivity contribution in [3.8, 4) is 0 Å². The second-order valence-electron chi connectivity index (χ2n) is 5.70. The number of rotatable bonds is 11. The third-order valence-corrected chi connectivity index (χ3v) is 5.60. The summed E-state index contributed by atoms with van der Waals surface area (Å²) in [6, 6.07) is 0.351. The molecule has 0 bridgehead atoms. The molecule has 1 unspecified atom stereocenters. The van der Waals surface area contributed by atoms with E-state index in [4.69, 9.17) is 0 Å². The van der Waals surface area contributed by atoms with Gasteiger partial charge in [0.25, 0.3) is 10.2 Å². The highest BCUT2D eigenvalue weighted by Gasteiger charge is 2.25. The first kappa shape index (κ1) is 18.8. The first-order chi connectivity index (χ1) is 10.0. The maximum atomic E-state index is 12.2. The minimum atomic E-state index is -3.34. The minimum absolute atomic E-state index is 0.351. The van der Waals surface area contributed by atoms with Gasteiger partial charge in [-0.25, -0.2) is 4.72 Å². The molecule has 21 heavy (non-hydrogen) atoms. The Morgan fingerprint density at radius 3 is 2.71 bits per heavy atom. The molecule has 1 atom stereocenters. The fourth-order valence-electron chi connectivity index (χ4n) is 2.70. The molecule has 1 saturated heterocycles. The largest absolute Gasteiger partial charge is 0.317 e. The molecule has 1 heterocycles. The van der Waals surface area contributed by atoms with E-state index in [2.05, 4.69) is 28.8 Å². The molecule has 1 fully saturated rings. The van der Waals surface area contributed by atoms with Crippen LogP contribution in [-0.2, 0) is 10.2 Å². The second kappa shape index (κ2) is 9.74. The van der Waals surface area contributed by atoms with Gasteiger partial charge in [0, 0.05) is 26.2 Å². The van der Waals surface area contributed by atoms with Crippen molar-refractivity contribution in [1.29, 1.82) is 0 Å². The molecule has 0 aliphatic carbocycles. The van der Waals surface area contributed by atoms with E-state index in [0.29, 0.717) is 19.1 Å². The summed E-state index contributed by atoms with van der Waals surface area (Å²) in [7, 11) is -1.70. The van der Waals surface area contributed by atoms with Crippen molar-refractivity contribution in [3.05, 3.63) is 0 Å². The number of hydrogen-bond donors (Lipinski definition) is 2. The molecule has 0 spiro atoms. The summed E-state index contributed by atoms with van der Waals surface area (Å²) in [4.78, 5) is 2.34. The minimum Gasteiger partial charge on any atom is -0.317 e. The molecule has 7 heteroatoms. The van der Waals surface area contributed by atoms with Crippen LogP contribution >= 0.6 is 0 Å².